The van der Waals surface area contributed by atoms with Gasteiger partial charge in [0.25, 0.3) is 0 Å². The zero-order valence-corrected chi connectivity index (χ0v) is 7.82. The zero-order valence-electron chi connectivity index (χ0n) is 7.82. The lowest BCUT2D eigenvalue weighted by Gasteiger charge is -2.37. The van der Waals surface area contributed by atoms with Crippen LogP contribution in [0.25, 0.3) is 0 Å². The predicted octanol–water partition coefficient (Wildman–Crippen LogP) is 1.99. The van der Waals surface area contributed by atoms with Crippen LogP contribution in [0.1, 0.15) is 12.5 Å². The highest BCUT2D eigenvalue weighted by Crippen LogP contribution is 2.22. The molecule has 0 bridgehead atoms. The molecule has 2 heteroatoms. The molecule has 1 aromatic rings. The van der Waals surface area contributed by atoms with Gasteiger partial charge in [-0.05, 0) is 12.5 Å². The fraction of sp³-hybridized carbons (Fsp3) is 0.455. The van der Waals surface area contributed by atoms with Gasteiger partial charge in [-0.1, -0.05) is 30.3 Å². The Bertz CT molecular complexity index is 265. The van der Waals surface area contributed by atoms with E-state index in [4.69, 9.17) is 9.47 Å². The molecule has 0 N–H and O–H groups in total. The fourth-order valence-electron chi connectivity index (χ4n) is 1.30. The van der Waals surface area contributed by atoms with Crippen molar-refractivity contribution in [3.05, 3.63) is 35.9 Å². The van der Waals surface area contributed by atoms with E-state index in [2.05, 4.69) is 19.1 Å². The summed E-state index contributed by atoms with van der Waals surface area (Å²) >= 11 is 0. The van der Waals surface area contributed by atoms with Gasteiger partial charge in [-0.25, -0.2) is 0 Å². The number of hydrogen-bond acceptors (Lipinski definition) is 2. The first-order chi connectivity index (χ1) is 6.29. The lowest BCUT2D eigenvalue weighted by Crippen LogP contribution is -2.48. The summed E-state index contributed by atoms with van der Waals surface area (Å²) in [6.07, 6.45) is 0. The van der Waals surface area contributed by atoms with Gasteiger partial charge < -0.3 is 9.47 Å². The Morgan fingerprint density at radius 2 is 2.00 bits per heavy atom. The van der Waals surface area contributed by atoms with Crippen molar-refractivity contribution in [1.29, 1.82) is 0 Å². The van der Waals surface area contributed by atoms with E-state index in [1.807, 2.05) is 18.2 Å². The summed E-state index contributed by atoms with van der Waals surface area (Å²) < 4.78 is 10.8. The molecular weight excluding hydrogens is 164 g/mol. The largest absolute Gasteiger partial charge is 0.375 e. The third-order valence-electron chi connectivity index (χ3n) is 2.24. The zero-order chi connectivity index (χ0) is 9.15. The van der Waals surface area contributed by atoms with Crippen LogP contribution in [0.15, 0.2) is 30.3 Å². The summed E-state index contributed by atoms with van der Waals surface area (Å²) in [4.78, 5) is 0. The van der Waals surface area contributed by atoms with E-state index in [-0.39, 0.29) is 5.60 Å². The predicted molar refractivity (Wildman–Crippen MR) is 50.5 cm³/mol. The van der Waals surface area contributed by atoms with Crippen molar-refractivity contribution in [2.45, 2.75) is 19.1 Å². The molecule has 1 fully saturated rings. The summed E-state index contributed by atoms with van der Waals surface area (Å²) in [6, 6.07) is 10.2. The van der Waals surface area contributed by atoms with Crippen molar-refractivity contribution in [3.63, 3.8) is 0 Å². The molecule has 0 saturated carbocycles. The molecule has 2 nitrogen and oxygen atoms in total. The minimum Gasteiger partial charge on any atom is -0.375 e. The summed E-state index contributed by atoms with van der Waals surface area (Å²) in [6.45, 7) is 4.21. The van der Waals surface area contributed by atoms with Crippen LogP contribution in [-0.2, 0) is 16.1 Å². The van der Waals surface area contributed by atoms with E-state index in [0.717, 1.165) is 13.2 Å². The van der Waals surface area contributed by atoms with Crippen LogP contribution in [0.5, 0.6) is 0 Å². The molecule has 13 heavy (non-hydrogen) atoms. The summed E-state index contributed by atoms with van der Waals surface area (Å²) in [5, 5.41) is 0. The van der Waals surface area contributed by atoms with Crippen LogP contribution in [0.4, 0.5) is 0 Å². The topological polar surface area (TPSA) is 18.5 Å². The number of rotatable bonds is 3. The standard InChI is InChI=1S/C11H14O2/c1-11(8-12-9-11)13-7-10-5-3-2-4-6-10/h2-6H,7-9H2,1H3. The van der Waals surface area contributed by atoms with Crippen molar-refractivity contribution in [2.75, 3.05) is 13.2 Å². The Balaban J connectivity index is 1.86. The van der Waals surface area contributed by atoms with Crippen LogP contribution in [0.3, 0.4) is 0 Å². The van der Waals surface area contributed by atoms with Crippen LogP contribution in [0, 0.1) is 0 Å². The molecule has 1 aliphatic heterocycles. The smallest absolute Gasteiger partial charge is 0.112 e. The van der Waals surface area contributed by atoms with Crippen LogP contribution in [0.2, 0.25) is 0 Å². The van der Waals surface area contributed by atoms with E-state index in [9.17, 15) is 0 Å². The Hall–Kier alpha value is -0.860. The maximum Gasteiger partial charge on any atom is 0.112 e. The third kappa shape index (κ3) is 2.08. The Morgan fingerprint density at radius 1 is 1.31 bits per heavy atom. The Kier molecular flexibility index (Phi) is 2.34. The van der Waals surface area contributed by atoms with Crippen molar-refractivity contribution in [1.82, 2.24) is 0 Å². The molecule has 1 aliphatic rings. The first kappa shape index (κ1) is 8.73. The van der Waals surface area contributed by atoms with Gasteiger partial charge in [0.05, 0.1) is 19.8 Å². The SMILES string of the molecule is CC1(OCc2ccccc2)COC1. The number of ether oxygens (including phenoxy) is 2. The van der Waals surface area contributed by atoms with Crippen molar-refractivity contribution < 1.29 is 9.47 Å². The van der Waals surface area contributed by atoms with E-state index in [1.54, 1.807) is 0 Å². The Morgan fingerprint density at radius 3 is 2.54 bits per heavy atom. The van der Waals surface area contributed by atoms with E-state index in [1.165, 1.54) is 5.56 Å². The summed E-state index contributed by atoms with van der Waals surface area (Å²) in [5.41, 5.74) is 1.17. The van der Waals surface area contributed by atoms with Gasteiger partial charge in [0.2, 0.25) is 0 Å². The first-order valence-electron chi connectivity index (χ1n) is 4.54. The molecule has 0 aromatic heterocycles. The van der Waals surface area contributed by atoms with Crippen molar-refractivity contribution >= 4 is 0 Å². The normalized spacial score (nSPS) is 19.5. The van der Waals surface area contributed by atoms with Gasteiger partial charge in [-0.2, -0.15) is 0 Å². The average Bonchev–Trinajstić information content (AvgIpc) is 2.13. The molecule has 0 atom stereocenters. The molecule has 0 amide bonds. The molecule has 0 spiro atoms. The third-order valence-corrected chi connectivity index (χ3v) is 2.24. The van der Waals surface area contributed by atoms with Crippen LogP contribution < -0.4 is 0 Å². The van der Waals surface area contributed by atoms with E-state index in [0.29, 0.717) is 6.61 Å². The molecule has 0 aliphatic carbocycles. The number of hydrogen-bond donors (Lipinski definition) is 0. The maximum absolute atomic E-state index is 5.73. The molecule has 1 aromatic carbocycles. The second-order valence-corrected chi connectivity index (χ2v) is 3.72. The molecule has 1 heterocycles. The van der Waals surface area contributed by atoms with Crippen molar-refractivity contribution in [2.24, 2.45) is 0 Å². The van der Waals surface area contributed by atoms with Gasteiger partial charge >= 0.3 is 0 Å². The van der Waals surface area contributed by atoms with Crippen molar-refractivity contribution in [3.8, 4) is 0 Å². The first-order valence-corrected chi connectivity index (χ1v) is 4.54. The molecular formula is C11H14O2. The monoisotopic (exact) mass is 178 g/mol. The highest BCUT2D eigenvalue weighted by molar-refractivity contribution is 5.13. The van der Waals surface area contributed by atoms with Gasteiger partial charge in [0, 0.05) is 0 Å². The lowest BCUT2D eigenvalue weighted by atomic mass is 10.1. The molecule has 2 rings (SSSR count). The average molecular weight is 178 g/mol. The van der Waals surface area contributed by atoms with Crippen LogP contribution >= 0.6 is 0 Å². The van der Waals surface area contributed by atoms with E-state index >= 15 is 0 Å². The quantitative estimate of drug-likeness (QED) is 0.704. The van der Waals surface area contributed by atoms with Crippen LogP contribution in [-0.4, -0.2) is 18.8 Å². The molecule has 1 saturated heterocycles. The second kappa shape index (κ2) is 3.48. The number of benzene rings is 1. The molecule has 0 unspecified atom stereocenters. The molecule has 70 valence electrons. The van der Waals surface area contributed by atoms with Gasteiger partial charge in [-0.3, -0.25) is 0 Å². The minimum atomic E-state index is -0.0458. The van der Waals surface area contributed by atoms with Gasteiger partial charge in [-0.15, -0.1) is 0 Å². The second-order valence-electron chi connectivity index (χ2n) is 3.72. The summed E-state index contributed by atoms with van der Waals surface area (Å²) in [5.74, 6) is 0. The minimum absolute atomic E-state index is 0.0458. The van der Waals surface area contributed by atoms with Gasteiger partial charge in [0.15, 0.2) is 0 Å². The maximum atomic E-state index is 5.73. The summed E-state index contributed by atoms with van der Waals surface area (Å²) in [7, 11) is 0. The lowest BCUT2D eigenvalue weighted by molar-refractivity contribution is -0.204. The van der Waals surface area contributed by atoms with Gasteiger partial charge in [0.1, 0.15) is 5.60 Å². The molecule has 0 radical (unpaired) electrons. The highest BCUT2D eigenvalue weighted by atomic mass is 16.6. The highest BCUT2D eigenvalue weighted by Gasteiger charge is 2.34. The van der Waals surface area contributed by atoms with E-state index < -0.39 is 0 Å². The fourth-order valence-corrected chi connectivity index (χ4v) is 1.30. The Labute approximate surface area is 78.5 Å².